The Balaban J connectivity index is 1.52. The Morgan fingerprint density at radius 3 is 2.45 bits per heavy atom. The second-order valence-electron chi connectivity index (χ2n) is 6.03. The van der Waals surface area contributed by atoms with Crippen LogP contribution in [0.3, 0.4) is 0 Å². The number of methoxy groups -OCH3 is 2. The van der Waals surface area contributed by atoms with Crippen LogP contribution in [0.25, 0.3) is 0 Å². The molecule has 0 saturated heterocycles. The monoisotopic (exact) mass is 440 g/mol. The first kappa shape index (κ1) is 21.8. The SMILES string of the molecule is COc1ccc(OCC(=O)N/N=C/c2ccc(OC(=O)c3cccs3)c(OC)c2)cc1. The molecule has 0 aliphatic carbocycles. The number of carbonyl (C=O) groups is 2. The lowest BCUT2D eigenvalue weighted by molar-refractivity contribution is -0.123. The maximum Gasteiger partial charge on any atom is 0.353 e. The van der Waals surface area contributed by atoms with E-state index in [1.165, 1.54) is 24.7 Å². The number of hydrazone groups is 1. The topological polar surface area (TPSA) is 95.5 Å². The molecule has 3 rings (SSSR count). The highest BCUT2D eigenvalue weighted by Gasteiger charge is 2.13. The fourth-order valence-corrected chi connectivity index (χ4v) is 3.02. The first-order valence-electron chi connectivity index (χ1n) is 9.11. The summed E-state index contributed by atoms with van der Waals surface area (Å²) in [5, 5.41) is 5.70. The van der Waals surface area contributed by atoms with Gasteiger partial charge in [0.05, 0.1) is 20.4 Å². The van der Waals surface area contributed by atoms with Crippen molar-refractivity contribution in [2.45, 2.75) is 0 Å². The molecular formula is C22H20N2O6S. The average Bonchev–Trinajstić information content (AvgIpc) is 3.34. The standard InChI is InChI=1S/C22H20N2O6S/c1-27-16-6-8-17(9-7-16)29-14-21(25)24-23-13-15-5-10-18(19(12-15)28-2)30-22(26)20-4-3-11-31-20/h3-13H,14H2,1-2H3,(H,24,25)/b23-13+. The maximum absolute atomic E-state index is 12.1. The molecule has 0 saturated carbocycles. The molecule has 1 heterocycles. The Bertz CT molecular complexity index is 1050. The van der Waals surface area contributed by atoms with Gasteiger partial charge in [0.1, 0.15) is 16.4 Å². The third kappa shape index (κ3) is 6.31. The van der Waals surface area contributed by atoms with Gasteiger partial charge in [-0.05, 0) is 59.5 Å². The number of nitrogens with zero attached hydrogens (tertiary/aromatic N) is 1. The lowest BCUT2D eigenvalue weighted by Crippen LogP contribution is -2.24. The van der Waals surface area contributed by atoms with Crippen LogP contribution in [-0.4, -0.2) is 38.9 Å². The second-order valence-corrected chi connectivity index (χ2v) is 6.98. The average molecular weight is 440 g/mol. The van der Waals surface area contributed by atoms with Crippen LogP contribution in [0.2, 0.25) is 0 Å². The number of amides is 1. The Kier molecular flexibility index (Phi) is 7.61. The summed E-state index contributed by atoms with van der Waals surface area (Å²) in [4.78, 5) is 24.5. The van der Waals surface area contributed by atoms with Gasteiger partial charge in [0.25, 0.3) is 5.91 Å². The third-order valence-corrected chi connectivity index (χ3v) is 4.79. The number of hydrogen-bond donors (Lipinski definition) is 1. The van der Waals surface area contributed by atoms with Gasteiger partial charge in [0, 0.05) is 0 Å². The van der Waals surface area contributed by atoms with Crippen molar-refractivity contribution in [3.63, 3.8) is 0 Å². The highest BCUT2D eigenvalue weighted by atomic mass is 32.1. The smallest absolute Gasteiger partial charge is 0.353 e. The van der Waals surface area contributed by atoms with Crippen LogP contribution in [0.5, 0.6) is 23.0 Å². The normalized spacial score (nSPS) is 10.5. The van der Waals surface area contributed by atoms with Crippen molar-refractivity contribution in [1.82, 2.24) is 5.43 Å². The highest BCUT2D eigenvalue weighted by Crippen LogP contribution is 2.28. The van der Waals surface area contributed by atoms with Crippen molar-refractivity contribution in [2.24, 2.45) is 5.10 Å². The lowest BCUT2D eigenvalue weighted by Gasteiger charge is -2.09. The van der Waals surface area contributed by atoms with Crippen LogP contribution >= 0.6 is 11.3 Å². The van der Waals surface area contributed by atoms with E-state index in [4.69, 9.17) is 18.9 Å². The van der Waals surface area contributed by atoms with Crippen molar-refractivity contribution in [1.29, 1.82) is 0 Å². The van der Waals surface area contributed by atoms with E-state index in [2.05, 4.69) is 10.5 Å². The van der Waals surface area contributed by atoms with Gasteiger partial charge in [0.15, 0.2) is 18.1 Å². The molecule has 0 atom stereocenters. The summed E-state index contributed by atoms with van der Waals surface area (Å²) in [6.45, 7) is -0.190. The van der Waals surface area contributed by atoms with Crippen molar-refractivity contribution in [2.75, 3.05) is 20.8 Å². The largest absolute Gasteiger partial charge is 0.497 e. The molecule has 8 nitrogen and oxygen atoms in total. The van der Waals surface area contributed by atoms with Gasteiger partial charge in [-0.2, -0.15) is 5.10 Å². The summed E-state index contributed by atoms with van der Waals surface area (Å²) >= 11 is 1.29. The van der Waals surface area contributed by atoms with Gasteiger partial charge in [-0.1, -0.05) is 6.07 Å². The van der Waals surface area contributed by atoms with Crippen molar-refractivity contribution in [3.05, 3.63) is 70.4 Å². The number of benzene rings is 2. The summed E-state index contributed by atoms with van der Waals surface area (Å²) < 4.78 is 21.1. The molecule has 0 radical (unpaired) electrons. The predicted molar refractivity (Wildman–Crippen MR) is 116 cm³/mol. The van der Waals surface area contributed by atoms with Crippen LogP contribution < -0.4 is 24.4 Å². The first-order chi connectivity index (χ1) is 15.1. The quantitative estimate of drug-likeness (QED) is 0.237. The summed E-state index contributed by atoms with van der Waals surface area (Å²) in [6, 6.07) is 15.3. The number of esters is 1. The van der Waals surface area contributed by atoms with Crippen LogP contribution in [-0.2, 0) is 4.79 Å². The number of thiophene rings is 1. The Morgan fingerprint density at radius 2 is 1.77 bits per heavy atom. The second kappa shape index (κ2) is 10.8. The van der Waals surface area contributed by atoms with Gasteiger partial charge in [-0.3, -0.25) is 4.79 Å². The summed E-state index contributed by atoms with van der Waals surface area (Å²) in [6.07, 6.45) is 1.44. The third-order valence-electron chi connectivity index (χ3n) is 3.94. The van der Waals surface area contributed by atoms with Crippen molar-refractivity contribution in [3.8, 4) is 23.0 Å². The number of carbonyl (C=O) groups excluding carboxylic acids is 2. The maximum atomic E-state index is 12.1. The summed E-state index contributed by atoms with van der Waals surface area (Å²) in [7, 11) is 3.04. The van der Waals surface area contributed by atoms with Gasteiger partial charge in [0.2, 0.25) is 0 Å². The van der Waals surface area contributed by atoms with Gasteiger partial charge in [-0.15, -0.1) is 11.3 Å². The van der Waals surface area contributed by atoms with Crippen LogP contribution in [0.15, 0.2) is 65.1 Å². The Hall–Kier alpha value is -3.85. The Labute approximate surface area is 183 Å². The molecule has 160 valence electrons. The molecule has 1 aromatic heterocycles. The minimum Gasteiger partial charge on any atom is -0.497 e. The lowest BCUT2D eigenvalue weighted by atomic mass is 10.2. The molecule has 1 amide bonds. The molecule has 0 fully saturated rings. The van der Waals surface area contributed by atoms with Gasteiger partial charge < -0.3 is 18.9 Å². The fraction of sp³-hybridized carbons (Fsp3) is 0.136. The van der Waals surface area contributed by atoms with Crippen molar-refractivity contribution < 1.29 is 28.5 Å². The molecule has 0 unspecified atom stereocenters. The number of rotatable bonds is 9. The zero-order valence-corrected chi connectivity index (χ0v) is 17.7. The van der Waals surface area contributed by atoms with E-state index in [0.29, 0.717) is 27.7 Å². The minimum absolute atomic E-state index is 0.190. The number of hydrogen-bond acceptors (Lipinski definition) is 8. The van der Waals surface area contributed by atoms with Gasteiger partial charge in [-0.25, -0.2) is 10.2 Å². The molecule has 0 bridgehead atoms. The van der Waals surface area contributed by atoms with E-state index in [0.717, 1.165) is 0 Å². The van der Waals surface area contributed by atoms with E-state index in [9.17, 15) is 9.59 Å². The molecule has 3 aromatic rings. The van der Waals surface area contributed by atoms with Crippen LogP contribution in [0.4, 0.5) is 0 Å². The molecule has 1 N–H and O–H groups in total. The predicted octanol–water partition coefficient (Wildman–Crippen LogP) is 3.51. The number of ether oxygens (including phenoxy) is 4. The molecule has 0 aliphatic heterocycles. The molecule has 31 heavy (non-hydrogen) atoms. The zero-order chi connectivity index (χ0) is 22.1. The van der Waals surface area contributed by atoms with Crippen LogP contribution in [0, 0.1) is 0 Å². The van der Waals surface area contributed by atoms with E-state index in [-0.39, 0.29) is 12.4 Å². The molecule has 0 spiro atoms. The van der Waals surface area contributed by atoms with Crippen molar-refractivity contribution >= 4 is 29.4 Å². The van der Waals surface area contributed by atoms with E-state index < -0.39 is 11.9 Å². The summed E-state index contributed by atoms with van der Waals surface area (Å²) in [5.41, 5.74) is 3.03. The van der Waals surface area contributed by atoms with E-state index >= 15 is 0 Å². The van der Waals surface area contributed by atoms with Gasteiger partial charge >= 0.3 is 5.97 Å². The minimum atomic E-state index is -0.459. The molecule has 9 heteroatoms. The molecule has 2 aromatic carbocycles. The van der Waals surface area contributed by atoms with Crippen LogP contribution in [0.1, 0.15) is 15.2 Å². The van der Waals surface area contributed by atoms with E-state index in [1.807, 2.05) is 0 Å². The first-order valence-corrected chi connectivity index (χ1v) is 9.99. The fourth-order valence-electron chi connectivity index (χ4n) is 2.43. The van der Waals surface area contributed by atoms with E-state index in [1.54, 1.807) is 67.1 Å². The number of nitrogens with one attached hydrogen (secondary N) is 1. The molecule has 0 aliphatic rings. The summed E-state index contributed by atoms with van der Waals surface area (Å²) in [5.74, 6) is 1.01. The zero-order valence-electron chi connectivity index (χ0n) is 16.9. The Morgan fingerprint density at radius 1 is 1.00 bits per heavy atom. The highest BCUT2D eigenvalue weighted by molar-refractivity contribution is 7.12. The molecular weight excluding hydrogens is 420 g/mol.